The third-order valence-corrected chi connectivity index (χ3v) is 6.18. The molecule has 4 heterocycles. The monoisotopic (exact) mass is 441 g/mol. The maximum atomic E-state index is 12.4. The molecule has 0 spiro atoms. The molecule has 0 unspecified atom stereocenters. The molecule has 0 saturated carbocycles. The molecule has 2 fully saturated rings. The van der Waals surface area contributed by atoms with Gasteiger partial charge in [-0.3, -0.25) is 14.5 Å². The van der Waals surface area contributed by atoms with Gasteiger partial charge < -0.3 is 18.7 Å². The van der Waals surface area contributed by atoms with Gasteiger partial charge in [-0.15, -0.1) is 0 Å². The summed E-state index contributed by atoms with van der Waals surface area (Å²) in [6.45, 7) is 7.30. The molecule has 32 heavy (non-hydrogen) atoms. The van der Waals surface area contributed by atoms with Crippen LogP contribution in [-0.4, -0.2) is 75.9 Å². The SMILES string of the molecule is CC1CCN(C(=O)CCc2nc(CN3CCN(C(=O)/C=C/c4ccco4)CC3)no2)CC1. The third kappa shape index (κ3) is 6.06. The molecule has 0 aliphatic carbocycles. The van der Waals surface area contributed by atoms with Crippen LogP contribution in [0.25, 0.3) is 6.08 Å². The number of amides is 2. The molecule has 0 aromatic carbocycles. The predicted octanol–water partition coefficient (Wildman–Crippen LogP) is 2.21. The second kappa shape index (κ2) is 10.6. The first-order valence-corrected chi connectivity index (χ1v) is 11.4. The standard InChI is InChI=1S/C23H31N5O4/c1-18-8-10-27(11-9-18)23(30)7-5-21-24-20(25-32-21)17-26-12-14-28(15-13-26)22(29)6-4-19-3-2-16-31-19/h2-4,6,16,18H,5,7-15,17H2,1H3/b6-4+. The summed E-state index contributed by atoms with van der Waals surface area (Å²) in [6, 6.07) is 3.60. The minimum Gasteiger partial charge on any atom is -0.465 e. The molecule has 172 valence electrons. The van der Waals surface area contributed by atoms with Gasteiger partial charge in [0.2, 0.25) is 17.7 Å². The van der Waals surface area contributed by atoms with E-state index < -0.39 is 0 Å². The van der Waals surface area contributed by atoms with Crippen molar-refractivity contribution in [2.24, 2.45) is 5.92 Å². The van der Waals surface area contributed by atoms with Gasteiger partial charge >= 0.3 is 0 Å². The Morgan fingerprint density at radius 1 is 1.12 bits per heavy atom. The quantitative estimate of drug-likeness (QED) is 0.608. The van der Waals surface area contributed by atoms with E-state index in [9.17, 15) is 9.59 Å². The minimum absolute atomic E-state index is 0.0178. The summed E-state index contributed by atoms with van der Waals surface area (Å²) in [4.78, 5) is 35.1. The number of piperazine rings is 1. The molecule has 0 N–H and O–H groups in total. The van der Waals surface area contributed by atoms with E-state index in [2.05, 4.69) is 22.0 Å². The van der Waals surface area contributed by atoms with Crippen molar-refractivity contribution in [3.8, 4) is 0 Å². The van der Waals surface area contributed by atoms with Gasteiger partial charge in [-0.2, -0.15) is 4.98 Å². The van der Waals surface area contributed by atoms with Gasteiger partial charge in [-0.25, -0.2) is 0 Å². The summed E-state index contributed by atoms with van der Waals surface area (Å²) in [5.41, 5.74) is 0. The smallest absolute Gasteiger partial charge is 0.246 e. The molecule has 2 amide bonds. The highest BCUT2D eigenvalue weighted by atomic mass is 16.5. The van der Waals surface area contributed by atoms with Crippen LogP contribution in [0.2, 0.25) is 0 Å². The third-order valence-electron chi connectivity index (χ3n) is 6.18. The Balaban J connectivity index is 1.17. The Kier molecular flexibility index (Phi) is 7.36. The number of rotatable bonds is 7. The summed E-state index contributed by atoms with van der Waals surface area (Å²) in [7, 11) is 0. The molecule has 0 atom stereocenters. The molecule has 0 bridgehead atoms. The zero-order valence-electron chi connectivity index (χ0n) is 18.6. The van der Waals surface area contributed by atoms with Crippen molar-refractivity contribution >= 4 is 17.9 Å². The topological polar surface area (TPSA) is 95.9 Å². The molecule has 2 aromatic heterocycles. The van der Waals surface area contributed by atoms with Gasteiger partial charge in [0, 0.05) is 58.2 Å². The second-order valence-corrected chi connectivity index (χ2v) is 8.62. The van der Waals surface area contributed by atoms with Crippen LogP contribution in [0.15, 0.2) is 33.4 Å². The van der Waals surface area contributed by atoms with Crippen LogP contribution in [0.3, 0.4) is 0 Å². The largest absolute Gasteiger partial charge is 0.465 e. The van der Waals surface area contributed by atoms with Crippen LogP contribution in [0.5, 0.6) is 0 Å². The van der Waals surface area contributed by atoms with Crippen molar-refractivity contribution in [3.05, 3.63) is 41.9 Å². The van der Waals surface area contributed by atoms with Crippen molar-refractivity contribution in [2.75, 3.05) is 39.3 Å². The maximum Gasteiger partial charge on any atom is 0.246 e. The van der Waals surface area contributed by atoms with Crippen LogP contribution >= 0.6 is 0 Å². The van der Waals surface area contributed by atoms with Crippen LogP contribution in [0, 0.1) is 5.92 Å². The number of aromatic nitrogens is 2. The predicted molar refractivity (Wildman–Crippen MR) is 117 cm³/mol. The average molecular weight is 442 g/mol. The van der Waals surface area contributed by atoms with E-state index in [-0.39, 0.29) is 11.8 Å². The zero-order valence-corrected chi connectivity index (χ0v) is 18.6. The zero-order chi connectivity index (χ0) is 22.3. The summed E-state index contributed by atoms with van der Waals surface area (Å²) >= 11 is 0. The van der Waals surface area contributed by atoms with Gasteiger partial charge in [-0.05, 0) is 37.0 Å². The first-order valence-electron chi connectivity index (χ1n) is 11.4. The van der Waals surface area contributed by atoms with Crippen LogP contribution in [0.4, 0.5) is 0 Å². The molecule has 2 aliphatic rings. The first-order chi connectivity index (χ1) is 15.6. The number of piperidine rings is 1. The second-order valence-electron chi connectivity index (χ2n) is 8.62. The molecule has 9 heteroatoms. The van der Waals surface area contributed by atoms with Gasteiger partial charge in [0.1, 0.15) is 5.76 Å². The number of furan rings is 1. The Morgan fingerprint density at radius 3 is 2.62 bits per heavy atom. The molecular weight excluding hydrogens is 410 g/mol. The van der Waals surface area contributed by atoms with Gasteiger partial charge in [0.15, 0.2) is 5.82 Å². The summed E-state index contributed by atoms with van der Waals surface area (Å²) in [5, 5.41) is 4.07. The number of carbonyl (C=O) groups excluding carboxylic acids is 2. The lowest BCUT2D eigenvalue weighted by Gasteiger charge is -2.33. The van der Waals surface area contributed by atoms with Crippen molar-refractivity contribution in [1.82, 2.24) is 24.8 Å². The molecular formula is C23H31N5O4. The van der Waals surface area contributed by atoms with Crippen molar-refractivity contribution in [1.29, 1.82) is 0 Å². The molecule has 0 radical (unpaired) electrons. The number of hydrogen-bond donors (Lipinski definition) is 0. The molecule has 2 saturated heterocycles. The van der Waals surface area contributed by atoms with E-state index in [1.165, 1.54) is 0 Å². The number of aryl methyl sites for hydroxylation is 1. The summed E-state index contributed by atoms with van der Waals surface area (Å²) in [5.74, 6) is 2.65. The first kappa shape index (κ1) is 22.3. The van der Waals surface area contributed by atoms with Crippen molar-refractivity contribution in [3.63, 3.8) is 0 Å². The van der Waals surface area contributed by atoms with Crippen molar-refractivity contribution in [2.45, 2.75) is 39.2 Å². The Bertz CT molecular complexity index is 907. The fourth-order valence-electron chi connectivity index (χ4n) is 4.06. The lowest BCUT2D eigenvalue weighted by atomic mass is 9.99. The fourth-order valence-corrected chi connectivity index (χ4v) is 4.06. The van der Waals surface area contributed by atoms with Crippen LogP contribution < -0.4 is 0 Å². The van der Waals surface area contributed by atoms with Crippen molar-refractivity contribution < 1.29 is 18.5 Å². The van der Waals surface area contributed by atoms with E-state index in [4.69, 9.17) is 8.94 Å². The number of nitrogens with zero attached hydrogens (tertiary/aromatic N) is 5. The van der Waals surface area contributed by atoms with Gasteiger partial charge in [-0.1, -0.05) is 12.1 Å². The van der Waals surface area contributed by atoms with E-state index in [1.807, 2.05) is 15.9 Å². The Labute approximate surface area is 188 Å². The van der Waals surface area contributed by atoms with Gasteiger partial charge in [0.25, 0.3) is 0 Å². The highest BCUT2D eigenvalue weighted by molar-refractivity contribution is 5.91. The number of hydrogen-bond acceptors (Lipinski definition) is 7. The Morgan fingerprint density at radius 2 is 1.91 bits per heavy atom. The lowest BCUT2D eigenvalue weighted by Crippen LogP contribution is -2.47. The highest BCUT2D eigenvalue weighted by Gasteiger charge is 2.23. The molecule has 9 nitrogen and oxygen atoms in total. The van der Waals surface area contributed by atoms with E-state index in [1.54, 1.807) is 24.5 Å². The maximum absolute atomic E-state index is 12.4. The number of carbonyl (C=O) groups is 2. The van der Waals surface area contributed by atoms with Crippen LogP contribution in [0.1, 0.15) is 43.7 Å². The van der Waals surface area contributed by atoms with Gasteiger partial charge in [0.05, 0.1) is 12.8 Å². The van der Waals surface area contributed by atoms with E-state index >= 15 is 0 Å². The summed E-state index contributed by atoms with van der Waals surface area (Å²) in [6.07, 6.45) is 7.85. The molecule has 4 rings (SSSR count). The normalized spacial score (nSPS) is 18.5. The van der Waals surface area contributed by atoms with E-state index in [0.717, 1.165) is 39.0 Å². The fraction of sp³-hybridized carbons (Fsp3) is 0.565. The number of likely N-dealkylation sites (tertiary alicyclic amines) is 1. The highest BCUT2D eigenvalue weighted by Crippen LogP contribution is 2.17. The Hall–Kier alpha value is -2.94. The lowest BCUT2D eigenvalue weighted by molar-refractivity contribution is -0.132. The molecule has 2 aromatic rings. The van der Waals surface area contributed by atoms with Crippen LogP contribution in [-0.2, 0) is 22.6 Å². The molecule has 2 aliphatic heterocycles. The summed E-state index contributed by atoms with van der Waals surface area (Å²) < 4.78 is 10.6. The minimum atomic E-state index is -0.0178. The van der Waals surface area contributed by atoms with E-state index in [0.29, 0.717) is 55.9 Å². The average Bonchev–Trinajstić information content (AvgIpc) is 3.49.